The number of rotatable bonds is 12. The van der Waals surface area contributed by atoms with Crippen molar-refractivity contribution in [3.63, 3.8) is 0 Å². The molecule has 4 aromatic heterocycles. The fraction of sp³-hybridized carbons (Fsp3) is 0.469. The first-order chi connectivity index (χ1) is 23.3. The van der Waals surface area contributed by atoms with Crippen LogP contribution in [0.5, 0.6) is 5.75 Å². The van der Waals surface area contributed by atoms with Gasteiger partial charge in [-0.25, -0.2) is 14.2 Å². The molecular formula is C32H38F2N10O3S. The summed E-state index contributed by atoms with van der Waals surface area (Å²) in [5.41, 5.74) is 2.70. The quantitative estimate of drug-likeness (QED) is 0.138. The van der Waals surface area contributed by atoms with Crippen molar-refractivity contribution < 1.29 is 23.4 Å². The summed E-state index contributed by atoms with van der Waals surface area (Å²) in [5, 5.41) is 32.7. The number of nitrogens with one attached hydrogen (secondary N) is 1. The number of fused-ring (bicyclic) bond motifs is 1. The molecule has 0 spiro atoms. The average Bonchev–Trinajstić information content (AvgIpc) is 3.89. The third-order valence-electron chi connectivity index (χ3n) is 8.63. The van der Waals surface area contributed by atoms with Crippen molar-refractivity contribution in [1.29, 1.82) is 0 Å². The van der Waals surface area contributed by atoms with Gasteiger partial charge in [-0.05, 0) is 43.5 Å². The highest BCUT2D eigenvalue weighted by Gasteiger charge is 2.29. The summed E-state index contributed by atoms with van der Waals surface area (Å²) in [7, 11) is 0. The Morgan fingerprint density at radius 2 is 2.00 bits per heavy atom. The van der Waals surface area contributed by atoms with Crippen molar-refractivity contribution in [2.75, 3.05) is 31.6 Å². The van der Waals surface area contributed by atoms with E-state index in [0.717, 1.165) is 50.5 Å². The molecule has 2 aliphatic rings. The number of hydrogen-bond acceptors (Lipinski definition) is 11. The molecule has 2 atom stereocenters. The van der Waals surface area contributed by atoms with E-state index in [1.54, 1.807) is 57.7 Å². The molecule has 0 bridgehead atoms. The van der Waals surface area contributed by atoms with Crippen LogP contribution < -0.4 is 10.1 Å². The standard InChI is InChI=1S/C32H38F2N10O3S/c1-20(2)48-24-4-5-28(47-32(33)34)25(14-24)29-27(37-31(45)26-15-36-43-10-3-9-35-30(26)43)18-42(39-29)16-21-17-44(40-38-21)22-6-11-41(12-7-22)23-8-13-46-19-23/h3-5,9-10,14-15,17-18,20,22-23,31-32,37,45H,6-8,11-13,16,19H2,1-2H3. The molecule has 2 unspecified atom stereocenters. The Morgan fingerprint density at radius 3 is 2.77 bits per heavy atom. The smallest absolute Gasteiger partial charge is 0.387 e. The zero-order valence-corrected chi connectivity index (χ0v) is 27.5. The third-order valence-corrected chi connectivity index (χ3v) is 9.62. The number of halogens is 2. The van der Waals surface area contributed by atoms with Gasteiger partial charge in [0.2, 0.25) is 0 Å². The lowest BCUT2D eigenvalue weighted by atomic mass is 10.0. The van der Waals surface area contributed by atoms with Crippen molar-refractivity contribution in [2.45, 2.75) is 74.7 Å². The molecule has 1 aromatic carbocycles. The maximum Gasteiger partial charge on any atom is 0.387 e. The topological polar surface area (TPSA) is 133 Å². The number of hydrogen-bond donors (Lipinski definition) is 2. The van der Waals surface area contributed by atoms with E-state index in [9.17, 15) is 13.9 Å². The molecule has 7 rings (SSSR count). The van der Waals surface area contributed by atoms with Crippen LogP contribution in [0.1, 0.15) is 56.6 Å². The molecule has 2 aliphatic heterocycles. The molecule has 2 saturated heterocycles. The number of anilines is 1. The molecule has 0 amide bonds. The fourth-order valence-corrected chi connectivity index (χ4v) is 7.24. The van der Waals surface area contributed by atoms with E-state index in [-0.39, 0.29) is 23.6 Å². The van der Waals surface area contributed by atoms with Crippen LogP contribution in [0.25, 0.3) is 16.9 Å². The lowest BCUT2D eigenvalue weighted by molar-refractivity contribution is -0.0494. The minimum absolute atomic E-state index is 0.0278. The second-order valence-corrected chi connectivity index (χ2v) is 14.0. The van der Waals surface area contributed by atoms with E-state index in [1.807, 2.05) is 10.9 Å². The van der Waals surface area contributed by atoms with Crippen LogP contribution in [0, 0.1) is 0 Å². The first-order valence-electron chi connectivity index (χ1n) is 16.1. The molecule has 0 saturated carbocycles. The third kappa shape index (κ3) is 7.16. The monoisotopic (exact) mass is 680 g/mol. The van der Waals surface area contributed by atoms with Crippen molar-refractivity contribution in [1.82, 2.24) is 44.3 Å². The molecule has 254 valence electrons. The van der Waals surface area contributed by atoms with E-state index < -0.39 is 12.8 Å². The summed E-state index contributed by atoms with van der Waals surface area (Å²) in [5.74, 6) is -0.0278. The lowest BCUT2D eigenvalue weighted by Crippen LogP contribution is -2.42. The fourth-order valence-electron chi connectivity index (χ4n) is 6.36. The lowest BCUT2D eigenvalue weighted by Gasteiger charge is -2.35. The minimum Gasteiger partial charge on any atom is -0.434 e. The Balaban J connectivity index is 1.17. The van der Waals surface area contributed by atoms with Gasteiger partial charge in [-0.1, -0.05) is 19.1 Å². The van der Waals surface area contributed by atoms with Crippen LogP contribution in [-0.4, -0.2) is 93.6 Å². The number of aromatic nitrogens is 8. The number of nitrogens with zero attached hydrogens (tertiary/aromatic N) is 9. The molecule has 48 heavy (non-hydrogen) atoms. The van der Waals surface area contributed by atoms with Gasteiger partial charge in [-0.15, -0.1) is 16.9 Å². The van der Waals surface area contributed by atoms with E-state index >= 15 is 0 Å². The highest BCUT2D eigenvalue weighted by atomic mass is 32.2. The highest BCUT2D eigenvalue weighted by Crippen LogP contribution is 2.39. The van der Waals surface area contributed by atoms with Gasteiger partial charge >= 0.3 is 6.61 Å². The zero-order chi connectivity index (χ0) is 33.2. The van der Waals surface area contributed by atoms with Gasteiger partial charge in [0.25, 0.3) is 0 Å². The van der Waals surface area contributed by atoms with Crippen LogP contribution in [0.15, 0.2) is 60.1 Å². The van der Waals surface area contributed by atoms with Gasteiger partial charge in [-0.3, -0.25) is 9.58 Å². The number of thioether (sulfide) groups is 1. The van der Waals surface area contributed by atoms with Gasteiger partial charge in [0.05, 0.1) is 42.8 Å². The molecule has 6 heterocycles. The summed E-state index contributed by atoms with van der Waals surface area (Å²) in [6.45, 7) is 4.98. The van der Waals surface area contributed by atoms with Crippen molar-refractivity contribution in [2.24, 2.45) is 0 Å². The molecule has 0 radical (unpaired) electrons. The molecule has 0 aliphatic carbocycles. The normalized spacial score (nSPS) is 18.4. The number of aliphatic hydroxyl groups excluding tert-OH is 1. The Kier molecular flexibility index (Phi) is 9.57. The largest absolute Gasteiger partial charge is 0.434 e. The van der Waals surface area contributed by atoms with E-state index in [1.165, 1.54) is 12.3 Å². The van der Waals surface area contributed by atoms with Crippen LogP contribution in [0.3, 0.4) is 0 Å². The molecule has 2 fully saturated rings. The highest BCUT2D eigenvalue weighted by molar-refractivity contribution is 7.99. The Morgan fingerprint density at radius 1 is 1.15 bits per heavy atom. The summed E-state index contributed by atoms with van der Waals surface area (Å²) in [4.78, 5) is 7.72. The Bertz CT molecular complexity index is 1830. The number of ether oxygens (including phenoxy) is 2. The maximum absolute atomic E-state index is 13.6. The maximum atomic E-state index is 13.6. The Hall–Kier alpha value is -4.12. The number of likely N-dealkylation sites (tertiary alicyclic amines) is 1. The van der Waals surface area contributed by atoms with E-state index in [0.29, 0.717) is 39.9 Å². The van der Waals surface area contributed by atoms with Gasteiger partial charge < -0.3 is 19.9 Å². The van der Waals surface area contributed by atoms with Crippen LogP contribution in [0.2, 0.25) is 0 Å². The first-order valence-corrected chi connectivity index (χ1v) is 17.0. The summed E-state index contributed by atoms with van der Waals surface area (Å²) in [6.07, 6.45) is 10.3. The van der Waals surface area contributed by atoms with Gasteiger partial charge in [0.1, 0.15) is 17.1 Å². The summed E-state index contributed by atoms with van der Waals surface area (Å²) in [6, 6.07) is 7.55. The summed E-state index contributed by atoms with van der Waals surface area (Å²) < 4.78 is 42.8. The van der Waals surface area contributed by atoms with Crippen molar-refractivity contribution in [3.05, 3.63) is 66.5 Å². The zero-order valence-electron chi connectivity index (χ0n) is 26.7. The molecule has 13 nitrogen and oxygen atoms in total. The minimum atomic E-state index is -3.03. The number of piperidine rings is 1. The number of aliphatic hydroxyl groups is 1. The SMILES string of the molecule is CC(C)Sc1ccc(OC(F)F)c(-c2nn(Cc3cn(C4CCN(C5CCOC5)CC4)nn3)cc2NC(O)c2cnn3cccnc23)c1. The average molecular weight is 681 g/mol. The predicted octanol–water partition coefficient (Wildman–Crippen LogP) is 4.86. The van der Waals surface area contributed by atoms with Gasteiger partial charge in [0.15, 0.2) is 11.9 Å². The molecular weight excluding hydrogens is 642 g/mol. The van der Waals surface area contributed by atoms with Crippen LogP contribution in [0.4, 0.5) is 14.5 Å². The van der Waals surface area contributed by atoms with E-state index in [2.05, 4.69) is 44.5 Å². The Labute approximate surface area is 280 Å². The van der Waals surface area contributed by atoms with Gasteiger partial charge in [0, 0.05) is 60.0 Å². The second-order valence-electron chi connectivity index (χ2n) is 12.3. The van der Waals surface area contributed by atoms with Crippen molar-refractivity contribution >= 4 is 23.1 Å². The van der Waals surface area contributed by atoms with Crippen LogP contribution in [-0.2, 0) is 11.3 Å². The second kappa shape index (κ2) is 14.2. The number of alkyl halides is 2. The predicted molar refractivity (Wildman–Crippen MR) is 175 cm³/mol. The summed E-state index contributed by atoms with van der Waals surface area (Å²) >= 11 is 1.59. The molecule has 5 aromatic rings. The van der Waals surface area contributed by atoms with Gasteiger partial charge in [-0.2, -0.15) is 19.0 Å². The van der Waals surface area contributed by atoms with Crippen molar-refractivity contribution in [3.8, 4) is 17.0 Å². The molecule has 2 N–H and O–H groups in total. The van der Waals surface area contributed by atoms with Crippen LogP contribution >= 0.6 is 11.8 Å². The number of benzene rings is 1. The van der Waals surface area contributed by atoms with E-state index in [4.69, 9.17) is 14.6 Å². The first kappa shape index (κ1) is 32.4. The molecule has 16 heteroatoms.